The largest absolute Gasteiger partial charge is 0.401 e. The summed E-state index contributed by atoms with van der Waals surface area (Å²) < 4.78 is 49.8. The average molecular weight is 304 g/mol. The highest BCUT2D eigenvalue weighted by molar-refractivity contribution is 5.97. The fourth-order valence-corrected chi connectivity index (χ4v) is 2.32. The van der Waals surface area contributed by atoms with Crippen LogP contribution in [0.1, 0.15) is 10.4 Å². The number of hydrogen-bond donors (Lipinski definition) is 0. The van der Waals surface area contributed by atoms with E-state index in [1.807, 2.05) is 0 Å². The van der Waals surface area contributed by atoms with Crippen molar-refractivity contribution in [1.82, 2.24) is 9.80 Å². The van der Waals surface area contributed by atoms with E-state index in [0.29, 0.717) is 13.1 Å². The van der Waals surface area contributed by atoms with Crippen LogP contribution in [0.2, 0.25) is 0 Å². The summed E-state index contributed by atoms with van der Waals surface area (Å²) in [6.45, 7) is 0.530. The van der Waals surface area contributed by atoms with Gasteiger partial charge in [0.1, 0.15) is 5.82 Å². The molecule has 0 aromatic heterocycles. The normalized spacial score (nSPS) is 17.9. The standard InChI is InChI=1S/C14H16F4N2O/c15-12-3-1-2-11(8-12)13(21)9-19-4-6-20(7-5-19)10-14(16,17)18/h1-3,8H,4-7,9-10H2. The summed E-state index contributed by atoms with van der Waals surface area (Å²) in [5, 5.41) is 0. The minimum atomic E-state index is -4.19. The van der Waals surface area contributed by atoms with Gasteiger partial charge in [-0.25, -0.2) is 4.39 Å². The van der Waals surface area contributed by atoms with Gasteiger partial charge in [-0.2, -0.15) is 13.2 Å². The molecule has 0 saturated carbocycles. The zero-order chi connectivity index (χ0) is 15.5. The molecular formula is C14H16F4N2O. The Hall–Kier alpha value is -1.47. The number of hydrogen-bond acceptors (Lipinski definition) is 3. The first-order valence-corrected chi connectivity index (χ1v) is 6.64. The van der Waals surface area contributed by atoms with Gasteiger partial charge in [0.2, 0.25) is 0 Å². The molecule has 0 radical (unpaired) electrons. The summed E-state index contributed by atoms with van der Waals surface area (Å²) >= 11 is 0. The fraction of sp³-hybridized carbons (Fsp3) is 0.500. The predicted octanol–water partition coefficient (Wildman–Crippen LogP) is 2.19. The van der Waals surface area contributed by atoms with Crippen LogP contribution < -0.4 is 0 Å². The lowest BCUT2D eigenvalue weighted by molar-refractivity contribution is -0.149. The molecule has 1 aromatic carbocycles. The number of carbonyl (C=O) groups is 1. The molecule has 0 aliphatic carbocycles. The molecule has 21 heavy (non-hydrogen) atoms. The lowest BCUT2D eigenvalue weighted by atomic mass is 10.1. The van der Waals surface area contributed by atoms with Crippen molar-refractivity contribution >= 4 is 5.78 Å². The number of nitrogens with zero attached hydrogens (tertiary/aromatic N) is 2. The molecule has 0 amide bonds. The topological polar surface area (TPSA) is 23.6 Å². The molecule has 116 valence electrons. The number of benzene rings is 1. The zero-order valence-electron chi connectivity index (χ0n) is 11.4. The third-order valence-corrected chi connectivity index (χ3v) is 3.38. The second-order valence-corrected chi connectivity index (χ2v) is 5.10. The van der Waals surface area contributed by atoms with E-state index in [1.54, 1.807) is 4.90 Å². The highest BCUT2D eigenvalue weighted by Gasteiger charge is 2.32. The van der Waals surface area contributed by atoms with Crippen LogP contribution in [0.3, 0.4) is 0 Å². The molecule has 2 rings (SSSR count). The molecule has 0 N–H and O–H groups in total. The molecule has 0 atom stereocenters. The van der Waals surface area contributed by atoms with Gasteiger partial charge in [-0.1, -0.05) is 12.1 Å². The first-order chi connectivity index (χ1) is 9.83. The van der Waals surface area contributed by atoms with Gasteiger partial charge in [0.25, 0.3) is 0 Å². The maximum absolute atomic E-state index is 13.0. The number of ketones is 1. The zero-order valence-corrected chi connectivity index (χ0v) is 11.4. The third-order valence-electron chi connectivity index (χ3n) is 3.38. The van der Waals surface area contributed by atoms with Crippen molar-refractivity contribution in [1.29, 1.82) is 0 Å². The van der Waals surface area contributed by atoms with Crippen LogP contribution in [0.15, 0.2) is 24.3 Å². The van der Waals surface area contributed by atoms with Crippen molar-refractivity contribution in [2.45, 2.75) is 6.18 Å². The van der Waals surface area contributed by atoms with Crippen LogP contribution in [0.5, 0.6) is 0 Å². The molecule has 3 nitrogen and oxygen atoms in total. The molecule has 1 heterocycles. The molecule has 0 spiro atoms. The number of piperazine rings is 1. The minimum absolute atomic E-state index is 0.101. The van der Waals surface area contributed by atoms with Gasteiger partial charge in [0.05, 0.1) is 13.1 Å². The van der Waals surface area contributed by atoms with Crippen molar-refractivity contribution in [2.75, 3.05) is 39.3 Å². The smallest absolute Gasteiger partial charge is 0.293 e. The van der Waals surface area contributed by atoms with E-state index in [1.165, 1.54) is 29.2 Å². The Balaban J connectivity index is 1.82. The van der Waals surface area contributed by atoms with Crippen molar-refractivity contribution in [3.8, 4) is 0 Å². The maximum Gasteiger partial charge on any atom is 0.401 e. The Labute approximate surface area is 120 Å². The van der Waals surface area contributed by atoms with Crippen molar-refractivity contribution < 1.29 is 22.4 Å². The maximum atomic E-state index is 13.0. The van der Waals surface area contributed by atoms with Crippen LogP contribution in [-0.2, 0) is 0 Å². The quantitative estimate of drug-likeness (QED) is 0.629. The van der Waals surface area contributed by atoms with E-state index in [4.69, 9.17) is 0 Å². The van der Waals surface area contributed by atoms with E-state index in [-0.39, 0.29) is 31.0 Å². The Bertz CT molecular complexity index is 496. The Morgan fingerprint density at radius 1 is 1.10 bits per heavy atom. The van der Waals surface area contributed by atoms with Crippen molar-refractivity contribution in [3.05, 3.63) is 35.6 Å². The fourth-order valence-electron chi connectivity index (χ4n) is 2.32. The van der Waals surface area contributed by atoms with Crippen molar-refractivity contribution in [3.63, 3.8) is 0 Å². The van der Waals surface area contributed by atoms with Crippen LogP contribution in [0.25, 0.3) is 0 Å². The SMILES string of the molecule is O=C(CN1CCN(CC(F)(F)F)CC1)c1cccc(F)c1. The average Bonchev–Trinajstić information content (AvgIpc) is 2.39. The van der Waals surface area contributed by atoms with E-state index >= 15 is 0 Å². The monoisotopic (exact) mass is 304 g/mol. The second kappa shape index (κ2) is 6.53. The number of halogens is 4. The van der Waals surface area contributed by atoms with Gasteiger partial charge < -0.3 is 0 Å². The van der Waals surface area contributed by atoms with Crippen LogP contribution in [-0.4, -0.2) is 61.0 Å². The van der Waals surface area contributed by atoms with E-state index in [2.05, 4.69) is 0 Å². The first-order valence-electron chi connectivity index (χ1n) is 6.64. The minimum Gasteiger partial charge on any atom is -0.293 e. The van der Waals surface area contributed by atoms with Gasteiger partial charge in [0, 0.05) is 31.7 Å². The Kier molecular flexibility index (Phi) is 4.95. The summed E-state index contributed by atoms with van der Waals surface area (Å²) in [6.07, 6.45) is -4.19. The molecule has 1 saturated heterocycles. The van der Waals surface area contributed by atoms with Crippen molar-refractivity contribution in [2.24, 2.45) is 0 Å². The highest BCUT2D eigenvalue weighted by Crippen LogP contribution is 2.17. The number of rotatable bonds is 4. The van der Waals surface area contributed by atoms with Crippen LogP contribution in [0, 0.1) is 5.82 Å². The Morgan fingerprint density at radius 3 is 2.29 bits per heavy atom. The second-order valence-electron chi connectivity index (χ2n) is 5.10. The van der Waals surface area contributed by atoms with Gasteiger partial charge in [-0.05, 0) is 12.1 Å². The number of carbonyl (C=O) groups excluding carboxylic acids is 1. The van der Waals surface area contributed by atoms with E-state index in [9.17, 15) is 22.4 Å². The Morgan fingerprint density at radius 2 is 1.71 bits per heavy atom. The summed E-state index contributed by atoms with van der Waals surface area (Å²) in [7, 11) is 0. The van der Waals surface area contributed by atoms with E-state index in [0.717, 1.165) is 0 Å². The molecule has 0 bridgehead atoms. The number of alkyl halides is 3. The highest BCUT2D eigenvalue weighted by atomic mass is 19.4. The van der Waals surface area contributed by atoms with Gasteiger partial charge in [-0.15, -0.1) is 0 Å². The lowest BCUT2D eigenvalue weighted by Gasteiger charge is -2.34. The molecule has 1 aromatic rings. The molecule has 0 unspecified atom stereocenters. The molecular weight excluding hydrogens is 288 g/mol. The molecule has 1 aliphatic rings. The molecule has 1 aliphatic heterocycles. The summed E-state index contributed by atoms with van der Waals surface area (Å²) in [5.41, 5.74) is 0.285. The van der Waals surface area contributed by atoms with Crippen LogP contribution in [0.4, 0.5) is 17.6 Å². The summed E-state index contributed by atoms with van der Waals surface area (Å²) in [5.74, 6) is -0.699. The lowest BCUT2D eigenvalue weighted by Crippen LogP contribution is -2.50. The van der Waals surface area contributed by atoms with Gasteiger partial charge >= 0.3 is 6.18 Å². The van der Waals surface area contributed by atoms with Gasteiger partial charge in [-0.3, -0.25) is 14.6 Å². The summed E-state index contributed by atoms with van der Waals surface area (Å²) in [6, 6.07) is 5.42. The van der Waals surface area contributed by atoms with Gasteiger partial charge in [0.15, 0.2) is 5.78 Å². The molecule has 1 fully saturated rings. The van der Waals surface area contributed by atoms with E-state index < -0.39 is 18.5 Å². The first kappa shape index (κ1) is 15.9. The summed E-state index contributed by atoms with van der Waals surface area (Å²) in [4.78, 5) is 15.1. The third kappa shape index (κ3) is 5.09. The number of Topliss-reactive ketones (excluding diaryl/α,β-unsaturated/α-hetero) is 1. The van der Waals surface area contributed by atoms with Crippen LogP contribution >= 0.6 is 0 Å². The molecule has 7 heteroatoms. The predicted molar refractivity (Wildman–Crippen MR) is 69.7 cm³/mol.